The van der Waals surface area contributed by atoms with Crippen molar-refractivity contribution in [2.45, 2.75) is 13.3 Å². The summed E-state index contributed by atoms with van der Waals surface area (Å²) in [6, 6.07) is 0. The van der Waals surface area contributed by atoms with Gasteiger partial charge in [-0.25, -0.2) is 0 Å². The fraction of sp³-hybridized carbons (Fsp3) is 0.400. The molecule has 1 unspecified atom stereocenters. The average molecular weight is 194 g/mol. The lowest BCUT2D eigenvalue weighted by molar-refractivity contribution is -0.127. The molecular weight excluding hydrogens is 180 g/mol. The predicted octanol–water partition coefficient (Wildman–Crippen LogP) is 0.110. The van der Waals surface area contributed by atoms with Gasteiger partial charge < -0.3 is 11.1 Å². The van der Waals surface area contributed by atoms with Crippen molar-refractivity contribution in [3.8, 4) is 0 Å². The third-order valence-electron chi connectivity index (χ3n) is 2.38. The number of nitrogens with two attached hydrogens (primary N) is 1. The molecule has 3 N–H and O–H groups in total. The first-order chi connectivity index (χ1) is 6.49. The van der Waals surface area contributed by atoms with Gasteiger partial charge in [0.05, 0.1) is 5.41 Å². The zero-order valence-electron chi connectivity index (χ0n) is 8.33. The van der Waals surface area contributed by atoms with E-state index in [2.05, 4.69) is 5.32 Å². The van der Waals surface area contributed by atoms with E-state index in [-0.39, 0.29) is 5.91 Å². The molecule has 1 rings (SSSR count). The van der Waals surface area contributed by atoms with Gasteiger partial charge in [-0.2, -0.15) is 0 Å². The lowest BCUT2D eigenvalue weighted by atomic mass is 9.79. The summed E-state index contributed by atoms with van der Waals surface area (Å²) >= 11 is 0. The first-order valence-electron chi connectivity index (χ1n) is 4.40. The van der Waals surface area contributed by atoms with E-state index in [0.29, 0.717) is 12.0 Å². The number of allylic oxidation sites excluding steroid dienone is 2. The number of primary amides is 1. The minimum atomic E-state index is -0.659. The molecule has 0 bridgehead atoms. The standard InChI is InChI=1S/C10H14N2O2/c1-10(9(14)12-2)5-3-4-7(6-10)8(11)13/h3-5H,6H2,1-2H3,(H2,11,13)(H,12,14). The van der Waals surface area contributed by atoms with Crippen LogP contribution in [0.4, 0.5) is 0 Å². The SMILES string of the molecule is CNC(=O)C1(C)C=CC=C(C(N)=O)C1. The van der Waals surface area contributed by atoms with Crippen LogP contribution in [0.3, 0.4) is 0 Å². The number of carbonyl (C=O) groups is 2. The largest absolute Gasteiger partial charge is 0.366 e. The minimum absolute atomic E-state index is 0.111. The Kier molecular flexibility index (Phi) is 2.74. The summed E-state index contributed by atoms with van der Waals surface area (Å²) < 4.78 is 0. The average Bonchev–Trinajstić information content (AvgIpc) is 2.16. The van der Waals surface area contributed by atoms with E-state index in [1.54, 1.807) is 32.2 Å². The van der Waals surface area contributed by atoms with Gasteiger partial charge in [0.2, 0.25) is 11.8 Å². The Labute approximate surface area is 82.9 Å². The Morgan fingerprint density at radius 3 is 2.71 bits per heavy atom. The lowest BCUT2D eigenvalue weighted by Gasteiger charge is -2.26. The summed E-state index contributed by atoms with van der Waals surface area (Å²) in [5, 5.41) is 2.57. The summed E-state index contributed by atoms with van der Waals surface area (Å²) in [6.45, 7) is 1.78. The van der Waals surface area contributed by atoms with E-state index in [1.807, 2.05) is 0 Å². The highest BCUT2D eigenvalue weighted by molar-refractivity contribution is 5.95. The minimum Gasteiger partial charge on any atom is -0.366 e. The Morgan fingerprint density at radius 1 is 1.57 bits per heavy atom. The van der Waals surface area contributed by atoms with Crippen LogP contribution in [0.15, 0.2) is 23.8 Å². The van der Waals surface area contributed by atoms with E-state index in [4.69, 9.17) is 5.73 Å². The van der Waals surface area contributed by atoms with Gasteiger partial charge in [-0.1, -0.05) is 18.2 Å². The van der Waals surface area contributed by atoms with Crippen LogP contribution < -0.4 is 11.1 Å². The molecule has 0 fully saturated rings. The maximum absolute atomic E-state index is 11.5. The fourth-order valence-electron chi connectivity index (χ4n) is 1.50. The third-order valence-corrected chi connectivity index (χ3v) is 2.38. The molecule has 4 heteroatoms. The van der Waals surface area contributed by atoms with Crippen LogP contribution in [0.25, 0.3) is 0 Å². The molecule has 0 aromatic rings. The number of amides is 2. The first kappa shape index (κ1) is 10.5. The first-order valence-corrected chi connectivity index (χ1v) is 4.40. The van der Waals surface area contributed by atoms with Gasteiger partial charge in [0.1, 0.15) is 0 Å². The molecule has 0 spiro atoms. The Morgan fingerprint density at radius 2 is 2.21 bits per heavy atom. The lowest BCUT2D eigenvalue weighted by Crippen LogP contribution is -2.37. The quantitative estimate of drug-likeness (QED) is 0.655. The molecule has 0 heterocycles. The Balaban J connectivity index is 2.90. The number of carbonyl (C=O) groups excluding carboxylic acids is 2. The molecule has 0 saturated carbocycles. The van der Waals surface area contributed by atoms with Gasteiger partial charge in [-0.05, 0) is 13.3 Å². The van der Waals surface area contributed by atoms with Crippen molar-refractivity contribution < 1.29 is 9.59 Å². The van der Waals surface area contributed by atoms with Crippen molar-refractivity contribution in [1.82, 2.24) is 5.32 Å². The molecule has 0 radical (unpaired) electrons. The highest BCUT2D eigenvalue weighted by Gasteiger charge is 2.33. The molecule has 76 valence electrons. The Hall–Kier alpha value is -1.58. The number of rotatable bonds is 2. The van der Waals surface area contributed by atoms with Gasteiger partial charge in [0.25, 0.3) is 0 Å². The van der Waals surface area contributed by atoms with Crippen molar-refractivity contribution in [1.29, 1.82) is 0 Å². The van der Waals surface area contributed by atoms with Crippen LogP contribution >= 0.6 is 0 Å². The molecule has 14 heavy (non-hydrogen) atoms. The number of hydrogen-bond donors (Lipinski definition) is 2. The van der Waals surface area contributed by atoms with Crippen LogP contribution in [0, 0.1) is 5.41 Å². The molecule has 0 aliphatic heterocycles. The van der Waals surface area contributed by atoms with Gasteiger partial charge >= 0.3 is 0 Å². The van der Waals surface area contributed by atoms with Gasteiger partial charge in [0.15, 0.2) is 0 Å². The summed E-state index contributed by atoms with van der Waals surface area (Å²) in [4.78, 5) is 22.5. The maximum atomic E-state index is 11.5. The smallest absolute Gasteiger partial charge is 0.244 e. The third kappa shape index (κ3) is 1.84. The van der Waals surface area contributed by atoms with Crippen LogP contribution in [0.2, 0.25) is 0 Å². The summed E-state index contributed by atoms with van der Waals surface area (Å²) in [5.41, 5.74) is 4.98. The zero-order chi connectivity index (χ0) is 10.8. The number of nitrogens with one attached hydrogen (secondary N) is 1. The topological polar surface area (TPSA) is 72.2 Å². The van der Waals surface area contributed by atoms with Crippen LogP contribution in [0.1, 0.15) is 13.3 Å². The van der Waals surface area contributed by atoms with E-state index >= 15 is 0 Å². The highest BCUT2D eigenvalue weighted by Crippen LogP contribution is 2.31. The molecule has 1 aliphatic carbocycles. The molecule has 1 aliphatic rings. The molecule has 2 amide bonds. The van der Waals surface area contributed by atoms with Gasteiger partial charge in [-0.15, -0.1) is 0 Å². The van der Waals surface area contributed by atoms with Gasteiger partial charge in [0, 0.05) is 12.6 Å². The highest BCUT2D eigenvalue weighted by atomic mass is 16.2. The van der Waals surface area contributed by atoms with Crippen LogP contribution in [-0.4, -0.2) is 18.9 Å². The van der Waals surface area contributed by atoms with Crippen molar-refractivity contribution >= 4 is 11.8 Å². The Bertz CT molecular complexity index is 331. The van der Waals surface area contributed by atoms with Crippen molar-refractivity contribution in [2.75, 3.05) is 7.05 Å². The predicted molar refractivity (Wildman–Crippen MR) is 53.2 cm³/mol. The zero-order valence-corrected chi connectivity index (χ0v) is 8.33. The van der Waals surface area contributed by atoms with E-state index in [9.17, 15) is 9.59 Å². The monoisotopic (exact) mass is 194 g/mol. The summed E-state index contributed by atoms with van der Waals surface area (Å²) in [6.07, 6.45) is 5.47. The number of hydrogen-bond acceptors (Lipinski definition) is 2. The van der Waals surface area contributed by atoms with E-state index < -0.39 is 11.3 Å². The molecule has 1 atom stereocenters. The molecular formula is C10H14N2O2. The molecule has 0 saturated heterocycles. The van der Waals surface area contributed by atoms with Gasteiger partial charge in [-0.3, -0.25) is 9.59 Å². The second-order valence-corrected chi connectivity index (χ2v) is 3.59. The normalized spacial score (nSPS) is 25.4. The molecule has 0 aromatic heterocycles. The molecule has 4 nitrogen and oxygen atoms in total. The van der Waals surface area contributed by atoms with Crippen molar-refractivity contribution in [2.24, 2.45) is 11.1 Å². The van der Waals surface area contributed by atoms with Crippen LogP contribution in [0.5, 0.6) is 0 Å². The summed E-state index contributed by atoms with van der Waals surface area (Å²) in [7, 11) is 1.57. The van der Waals surface area contributed by atoms with Crippen LogP contribution in [-0.2, 0) is 9.59 Å². The van der Waals surface area contributed by atoms with Crippen molar-refractivity contribution in [3.63, 3.8) is 0 Å². The van der Waals surface area contributed by atoms with Crippen molar-refractivity contribution in [3.05, 3.63) is 23.8 Å². The summed E-state index contributed by atoms with van der Waals surface area (Å²) in [5.74, 6) is -0.579. The fourth-order valence-corrected chi connectivity index (χ4v) is 1.50. The van der Waals surface area contributed by atoms with E-state index in [0.717, 1.165) is 0 Å². The second kappa shape index (κ2) is 3.65. The molecule has 0 aromatic carbocycles. The van der Waals surface area contributed by atoms with E-state index in [1.165, 1.54) is 0 Å². The second-order valence-electron chi connectivity index (χ2n) is 3.59. The maximum Gasteiger partial charge on any atom is 0.244 e.